The topological polar surface area (TPSA) is 72.3 Å². The number of nitrogens with two attached hydrogens (primary N) is 1. The normalized spacial score (nSPS) is 10.5. The average molecular weight is 290 g/mol. The van der Waals surface area contributed by atoms with E-state index in [9.17, 15) is 5.11 Å². The quantitative estimate of drug-likeness (QED) is 0.846. The number of aromatic hydroxyl groups is 1. The van der Waals surface area contributed by atoms with Crippen molar-refractivity contribution in [2.24, 2.45) is 0 Å². The molecule has 0 amide bonds. The van der Waals surface area contributed by atoms with Crippen molar-refractivity contribution in [2.75, 3.05) is 5.73 Å². The summed E-state index contributed by atoms with van der Waals surface area (Å²) in [4.78, 5) is 0. The van der Waals surface area contributed by atoms with E-state index in [0.717, 1.165) is 0 Å². The standard InChI is InChI=1S/C9H6BrClN2O2/c10-6-2-4(11)1-5(9(6)14)7-3-8(12)15-13-7/h1-3,14H,12H2. The van der Waals surface area contributed by atoms with Gasteiger partial charge in [-0.05, 0) is 28.1 Å². The molecule has 0 aliphatic rings. The number of phenolic OH excluding ortho intramolecular Hbond substituents is 1. The minimum atomic E-state index is 0.0488. The Kier molecular flexibility index (Phi) is 2.58. The molecule has 0 saturated carbocycles. The van der Waals surface area contributed by atoms with E-state index in [-0.39, 0.29) is 11.6 Å². The number of nitrogens with zero attached hydrogens (tertiary/aromatic N) is 1. The van der Waals surface area contributed by atoms with Gasteiger partial charge in [0.1, 0.15) is 11.4 Å². The van der Waals surface area contributed by atoms with Gasteiger partial charge in [0.25, 0.3) is 0 Å². The molecule has 15 heavy (non-hydrogen) atoms. The SMILES string of the molecule is Nc1cc(-c2cc(Cl)cc(Br)c2O)no1. The monoisotopic (exact) mass is 288 g/mol. The third kappa shape index (κ3) is 1.93. The molecule has 0 bridgehead atoms. The Morgan fingerprint density at radius 3 is 2.73 bits per heavy atom. The summed E-state index contributed by atoms with van der Waals surface area (Å²) in [5.74, 6) is 0.230. The second-order valence-electron chi connectivity index (χ2n) is 2.90. The van der Waals surface area contributed by atoms with Crippen molar-refractivity contribution in [3.63, 3.8) is 0 Å². The molecule has 2 rings (SSSR count). The van der Waals surface area contributed by atoms with Crippen LogP contribution in [-0.2, 0) is 0 Å². The highest BCUT2D eigenvalue weighted by molar-refractivity contribution is 9.10. The molecule has 1 aromatic carbocycles. The first-order valence-electron chi connectivity index (χ1n) is 3.98. The van der Waals surface area contributed by atoms with Crippen LogP contribution in [0.15, 0.2) is 27.2 Å². The van der Waals surface area contributed by atoms with Gasteiger partial charge in [-0.15, -0.1) is 0 Å². The lowest BCUT2D eigenvalue weighted by Crippen LogP contribution is -1.81. The van der Waals surface area contributed by atoms with Crippen LogP contribution in [0.1, 0.15) is 0 Å². The molecule has 0 fully saturated rings. The highest BCUT2D eigenvalue weighted by Crippen LogP contribution is 2.37. The van der Waals surface area contributed by atoms with E-state index < -0.39 is 0 Å². The Labute approximate surface area is 98.8 Å². The highest BCUT2D eigenvalue weighted by Gasteiger charge is 2.13. The van der Waals surface area contributed by atoms with Gasteiger partial charge in [0.05, 0.1) is 4.47 Å². The van der Waals surface area contributed by atoms with Crippen molar-refractivity contribution in [1.29, 1.82) is 0 Å². The molecule has 4 nitrogen and oxygen atoms in total. The molecular formula is C9H6BrClN2O2. The van der Waals surface area contributed by atoms with Gasteiger partial charge in [-0.25, -0.2) is 0 Å². The van der Waals surface area contributed by atoms with Gasteiger partial charge in [0.15, 0.2) is 0 Å². The molecule has 0 aliphatic carbocycles. The molecule has 6 heteroatoms. The lowest BCUT2D eigenvalue weighted by atomic mass is 10.1. The summed E-state index contributed by atoms with van der Waals surface area (Å²) in [5.41, 5.74) is 6.29. The molecule has 1 heterocycles. The average Bonchev–Trinajstić information content (AvgIpc) is 2.58. The lowest BCUT2D eigenvalue weighted by Gasteiger charge is -2.03. The van der Waals surface area contributed by atoms with E-state index in [2.05, 4.69) is 21.1 Å². The van der Waals surface area contributed by atoms with Gasteiger partial charge in [-0.1, -0.05) is 16.8 Å². The van der Waals surface area contributed by atoms with Crippen molar-refractivity contribution in [3.05, 3.63) is 27.7 Å². The van der Waals surface area contributed by atoms with Crippen molar-refractivity contribution < 1.29 is 9.63 Å². The molecule has 0 aliphatic heterocycles. The smallest absolute Gasteiger partial charge is 0.222 e. The summed E-state index contributed by atoms with van der Waals surface area (Å²) in [6, 6.07) is 4.68. The number of aromatic nitrogens is 1. The number of halogens is 2. The zero-order valence-electron chi connectivity index (χ0n) is 7.37. The van der Waals surface area contributed by atoms with Crippen LogP contribution in [0.4, 0.5) is 5.88 Å². The van der Waals surface area contributed by atoms with E-state index in [1.54, 1.807) is 12.1 Å². The molecule has 78 valence electrons. The van der Waals surface area contributed by atoms with Crippen LogP contribution < -0.4 is 5.73 Å². The highest BCUT2D eigenvalue weighted by atomic mass is 79.9. The van der Waals surface area contributed by atoms with Gasteiger partial charge < -0.3 is 15.4 Å². The van der Waals surface area contributed by atoms with Crippen LogP contribution in [0.25, 0.3) is 11.3 Å². The van der Waals surface area contributed by atoms with Gasteiger partial charge in [-0.2, -0.15) is 0 Å². The number of rotatable bonds is 1. The molecule has 0 atom stereocenters. The Balaban J connectivity index is 2.62. The maximum Gasteiger partial charge on any atom is 0.222 e. The third-order valence-corrected chi connectivity index (χ3v) is 2.66. The fourth-order valence-electron chi connectivity index (χ4n) is 1.18. The number of hydrogen-bond donors (Lipinski definition) is 2. The molecule has 0 saturated heterocycles. The van der Waals surface area contributed by atoms with Gasteiger partial charge >= 0.3 is 0 Å². The number of phenols is 1. The summed E-state index contributed by atoms with van der Waals surface area (Å²) in [5, 5.41) is 13.9. The van der Waals surface area contributed by atoms with Crippen LogP contribution in [0.2, 0.25) is 5.02 Å². The molecule has 0 radical (unpaired) electrons. The summed E-state index contributed by atoms with van der Waals surface area (Å²) in [7, 11) is 0. The number of benzene rings is 1. The second-order valence-corrected chi connectivity index (χ2v) is 4.19. The number of nitrogen functional groups attached to an aromatic ring is 1. The van der Waals surface area contributed by atoms with Gasteiger partial charge in [0, 0.05) is 16.7 Å². The van der Waals surface area contributed by atoms with Crippen LogP contribution >= 0.6 is 27.5 Å². The van der Waals surface area contributed by atoms with Crippen molar-refractivity contribution in [3.8, 4) is 17.0 Å². The predicted molar refractivity (Wildman–Crippen MR) is 60.7 cm³/mol. The van der Waals surface area contributed by atoms with E-state index in [0.29, 0.717) is 20.8 Å². The minimum Gasteiger partial charge on any atom is -0.506 e. The molecule has 3 N–H and O–H groups in total. The Morgan fingerprint density at radius 1 is 1.40 bits per heavy atom. The molecule has 1 aromatic heterocycles. The fourth-order valence-corrected chi connectivity index (χ4v) is 1.99. The summed E-state index contributed by atoms with van der Waals surface area (Å²) < 4.78 is 5.20. The predicted octanol–water partition coefficient (Wildman–Crippen LogP) is 3.05. The first kappa shape index (κ1) is 10.3. The second kappa shape index (κ2) is 3.75. The maximum absolute atomic E-state index is 9.76. The van der Waals surface area contributed by atoms with Crippen LogP contribution in [-0.4, -0.2) is 10.3 Å². The first-order chi connectivity index (χ1) is 7.08. The largest absolute Gasteiger partial charge is 0.506 e. The Hall–Kier alpha value is -1.20. The molecular weight excluding hydrogens is 283 g/mol. The summed E-state index contributed by atoms with van der Waals surface area (Å²) >= 11 is 9.02. The first-order valence-corrected chi connectivity index (χ1v) is 5.15. The lowest BCUT2D eigenvalue weighted by molar-refractivity contribution is 0.437. The van der Waals surface area contributed by atoms with Crippen molar-refractivity contribution >= 4 is 33.4 Å². The molecule has 0 spiro atoms. The van der Waals surface area contributed by atoms with Crippen molar-refractivity contribution in [2.45, 2.75) is 0 Å². The number of anilines is 1. The summed E-state index contributed by atoms with van der Waals surface area (Å²) in [6.07, 6.45) is 0. The Bertz CT molecular complexity index is 513. The van der Waals surface area contributed by atoms with E-state index >= 15 is 0 Å². The van der Waals surface area contributed by atoms with Gasteiger partial charge in [0.2, 0.25) is 5.88 Å². The molecule has 0 unspecified atom stereocenters. The van der Waals surface area contributed by atoms with Crippen LogP contribution in [0, 0.1) is 0 Å². The van der Waals surface area contributed by atoms with Gasteiger partial charge in [-0.3, -0.25) is 0 Å². The zero-order valence-corrected chi connectivity index (χ0v) is 9.71. The third-order valence-electron chi connectivity index (χ3n) is 1.83. The maximum atomic E-state index is 9.76. The zero-order chi connectivity index (χ0) is 11.0. The van der Waals surface area contributed by atoms with Crippen LogP contribution in [0.5, 0.6) is 5.75 Å². The van der Waals surface area contributed by atoms with E-state index in [4.69, 9.17) is 21.9 Å². The number of hydrogen-bond acceptors (Lipinski definition) is 4. The van der Waals surface area contributed by atoms with Crippen molar-refractivity contribution in [1.82, 2.24) is 5.16 Å². The van der Waals surface area contributed by atoms with E-state index in [1.165, 1.54) is 6.07 Å². The summed E-state index contributed by atoms with van der Waals surface area (Å²) in [6.45, 7) is 0. The minimum absolute atomic E-state index is 0.0488. The van der Waals surface area contributed by atoms with E-state index in [1.807, 2.05) is 0 Å². The van der Waals surface area contributed by atoms with Crippen LogP contribution in [0.3, 0.4) is 0 Å². The fraction of sp³-hybridized carbons (Fsp3) is 0. The Morgan fingerprint density at radius 2 is 2.13 bits per heavy atom. The molecule has 2 aromatic rings.